The van der Waals surface area contributed by atoms with Crippen LogP contribution in [0.5, 0.6) is 0 Å². The Kier molecular flexibility index (Phi) is 5.28. The number of halogens is 2. The van der Waals surface area contributed by atoms with E-state index in [4.69, 9.17) is 11.6 Å². The van der Waals surface area contributed by atoms with Crippen LogP contribution in [0.25, 0.3) is 0 Å². The minimum absolute atomic E-state index is 0.0815. The van der Waals surface area contributed by atoms with E-state index >= 15 is 0 Å². The largest absolute Gasteiger partial charge is 0.367 e. The molecule has 2 aromatic rings. The first kappa shape index (κ1) is 17.7. The first-order chi connectivity index (χ1) is 11.9. The van der Waals surface area contributed by atoms with Gasteiger partial charge in [0.25, 0.3) is 0 Å². The zero-order valence-corrected chi connectivity index (χ0v) is 15.3. The lowest BCUT2D eigenvalue weighted by atomic mass is 10.1. The summed E-state index contributed by atoms with van der Waals surface area (Å²) in [6, 6.07) is 10.2. The average Bonchev–Trinajstić information content (AvgIpc) is 2.56. The van der Waals surface area contributed by atoms with Crippen molar-refractivity contribution in [2.24, 2.45) is 0 Å². The monoisotopic (exact) mass is 360 g/mol. The van der Waals surface area contributed by atoms with Gasteiger partial charge >= 0.3 is 0 Å². The van der Waals surface area contributed by atoms with E-state index in [1.165, 1.54) is 12.1 Å². The highest BCUT2D eigenvalue weighted by Gasteiger charge is 2.23. The highest BCUT2D eigenvalue weighted by molar-refractivity contribution is 6.33. The van der Waals surface area contributed by atoms with E-state index in [2.05, 4.69) is 17.9 Å². The number of amides is 1. The Bertz CT molecular complexity index is 745. The number of rotatable bonds is 3. The van der Waals surface area contributed by atoms with Crippen LogP contribution in [0.15, 0.2) is 36.4 Å². The summed E-state index contributed by atoms with van der Waals surface area (Å²) in [6.07, 6.45) is 0.310. The molecular formula is C20H22ClFN2O. The Balaban J connectivity index is 1.62. The number of piperazine rings is 1. The number of carbonyl (C=O) groups is 1. The molecule has 132 valence electrons. The minimum atomic E-state index is -0.282. The molecule has 1 fully saturated rings. The molecule has 0 unspecified atom stereocenters. The molecule has 5 heteroatoms. The summed E-state index contributed by atoms with van der Waals surface area (Å²) in [5, 5.41) is 0.767. The molecule has 0 bridgehead atoms. The van der Waals surface area contributed by atoms with E-state index in [1.807, 2.05) is 17.9 Å². The molecule has 1 amide bonds. The lowest BCUT2D eigenvalue weighted by Crippen LogP contribution is -2.49. The fourth-order valence-electron chi connectivity index (χ4n) is 3.38. The van der Waals surface area contributed by atoms with Crippen molar-refractivity contribution in [3.8, 4) is 0 Å². The summed E-state index contributed by atoms with van der Waals surface area (Å²) in [5.41, 5.74) is 4.22. The maximum atomic E-state index is 13.0. The van der Waals surface area contributed by atoms with Gasteiger partial charge in [-0.25, -0.2) is 4.39 Å². The third-order valence-electron chi connectivity index (χ3n) is 4.62. The van der Waals surface area contributed by atoms with Gasteiger partial charge in [-0.05, 0) is 48.7 Å². The third-order valence-corrected chi connectivity index (χ3v) is 4.90. The second-order valence-corrected chi connectivity index (χ2v) is 6.99. The number of benzene rings is 2. The van der Waals surface area contributed by atoms with Gasteiger partial charge in [-0.2, -0.15) is 0 Å². The van der Waals surface area contributed by atoms with Crippen LogP contribution < -0.4 is 4.90 Å². The Morgan fingerprint density at radius 2 is 1.72 bits per heavy atom. The van der Waals surface area contributed by atoms with E-state index < -0.39 is 0 Å². The third kappa shape index (κ3) is 4.13. The Labute approximate surface area is 153 Å². The number of carbonyl (C=O) groups excluding carboxylic acids is 1. The van der Waals surface area contributed by atoms with E-state index in [0.29, 0.717) is 19.5 Å². The van der Waals surface area contributed by atoms with Crippen molar-refractivity contribution >= 4 is 23.2 Å². The van der Waals surface area contributed by atoms with Crippen LogP contribution in [0.2, 0.25) is 5.02 Å². The van der Waals surface area contributed by atoms with Gasteiger partial charge in [0.15, 0.2) is 0 Å². The standard InChI is InChI=1S/C20H22ClFN2O/c1-14-11-15(2)20(18(21)12-14)24-9-7-23(8-10-24)19(25)13-16-3-5-17(22)6-4-16/h3-6,11-12H,7-10,13H2,1-2H3. The van der Waals surface area contributed by atoms with Gasteiger partial charge in [0, 0.05) is 26.2 Å². The number of hydrogen-bond donors (Lipinski definition) is 0. The first-order valence-electron chi connectivity index (χ1n) is 8.48. The normalized spacial score (nSPS) is 14.7. The van der Waals surface area contributed by atoms with Crippen LogP contribution in [0.1, 0.15) is 16.7 Å². The zero-order valence-electron chi connectivity index (χ0n) is 14.6. The smallest absolute Gasteiger partial charge is 0.227 e. The van der Waals surface area contributed by atoms with Crippen molar-refractivity contribution in [2.45, 2.75) is 20.3 Å². The maximum Gasteiger partial charge on any atom is 0.227 e. The van der Waals surface area contributed by atoms with Gasteiger partial charge in [-0.3, -0.25) is 4.79 Å². The van der Waals surface area contributed by atoms with Crippen molar-refractivity contribution in [2.75, 3.05) is 31.1 Å². The quantitative estimate of drug-likeness (QED) is 0.826. The van der Waals surface area contributed by atoms with Gasteiger partial charge in [0.1, 0.15) is 5.82 Å². The molecule has 0 radical (unpaired) electrons. The summed E-state index contributed by atoms with van der Waals surface area (Å²) in [6.45, 7) is 6.97. The first-order valence-corrected chi connectivity index (χ1v) is 8.86. The van der Waals surface area contributed by atoms with Gasteiger partial charge < -0.3 is 9.80 Å². The molecule has 0 spiro atoms. The lowest BCUT2D eigenvalue weighted by molar-refractivity contribution is -0.130. The highest BCUT2D eigenvalue weighted by Crippen LogP contribution is 2.31. The van der Waals surface area contributed by atoms with Crippen LogP contribution in [-0.4, -0.2) is 37.0 Å². The zero-order chi connectivity index (χ0) is 18.0. The van der Waals surface area contributed by atoms with E-state index in [-0.39, 0.29) is 11.7 Å². The van der Waals surface area contributed by atoms with Crippen molar-refractivity contribution < 1.29 is 9.18 Å². The lowest BCUT2D eigenvalue weighted by Gasteiger charge is -2.37. The van der Waals surface area contributed by atoms with Gasteiger partial charge in [0.05, 0.1) is 17.1 Å². The molecule has 1 aliphatic heterocycles. The fourth-order valence-corrected chi connectivity index (χ4v) is 3.82. The molecule has 3 nitrogen and oxygen atoms in total. The predicted molar refractivity (Wildman–Crippen MR) is 99.8 cm³/mol. The molecule has 0 aliphatic carbocycles. The van der Waals surface area contributed by atoms with Crippen LogP contribution in [0.3, 0.4) is 0 Å². The van der Waals surface area contributed by atoms with Crippen LogP contribution >= 0.6 is 11.6 Å². The summed E-state index contributed by atoms with van der Waals surface area (Å²) in [7, 11) is 0. The highest BCUT2D eigenvalue weighted by atomic mass is 35.5. The molecular weight excluding hydrogens is 339 g/mol. The van der Waals surface area contributed by atoms with Crippen molar-refractivity contribution in [3.05, 3.63) is 63.9 Å². The van der Waals surface area contributed by atoms with E-state index in [9.17, 15) is 9.18 Å². The Hall–Kier alpha value is -2.07. The predicted octanol–water partition coefficient (Wildman–Crippen LogP) is 3.99. The topological polar surface area (TPSA) is 23.6 Å². The molecule has 0 atom stereocenters. The van der Waals surface area contributed by atoms with Crippen LogP contribution in [-0.2, 0) is 11.2 Å². The second-order valence-electron chi connectivity index (χ2n) is 6.58. The average molecular weight is 361 g/mol. The van der Waals surface area contributed by atoms with Crippen molar-refractivity contribution in [1.82, 2.24) is 4.90 Å². The molecule has 0 aromatic heterocycles. The summed E-state index contributed by atoms with van der Waals surface area (Å²) < 4.78 is 13.0. The van der Waals surface area contributed by atoms with Crippen LogP contribution in [0, 0.1) is 19.7 Å². The molecule has 0 saturated carbocycles. The van der Waals surface area contributed by atoms with Gasteiger partial charge in [-0.15, -0.1) is 0 Å². The molecule has 0 N–H and O–H groups in total. The summed E-state index contributed by atoms with van der Waals surface area (Å²) in [4.78, 5) is 16.6. The van der Waals surface area contributed by atoms with Crippen LogP contribution in [0.4, 0.5) is 10.1 Å². The van der Waals surface area contributed by atoms with Gasteiger partial charge in [0.2, 0.25) is 5.91 Å². The van der Waals surface area contributed by atoms with Gasteiger partial charge in [-0.1, -0.05) is 29.8 Å². The van der Waals surface area contributed by atoms with E-state index in [1.54, 1.807) is 12.1 Å². The number of aryl methyl sites for hydroxylation is 2. The van der Waals surface area contributed by atoms with E-state index in [0.717, 1.165) is 40.5 Å². The molecule has 1 heterocycles. The molecule has 1 aliphatic rings. The number of anilines is 1. The molecule has 3 rings (SSSR count). The van der Waals surface area contributed by atoms with Crippen molar-refractivity contribution in [1.29, 1.82) is 0 Å². The summed E-state index contributed by atoms with van der Waals surface area (Å²) in [5.74, 6) is -0.201. The number of hydrogen-bond acceptors (Lipinski definition) is 2. The van der Waals surface area contributed by atoms with Crippen molar-refractivity contribution in [3.63, 3.8) is 0 Å². The second kappa shape index (κ2) is 7.44. The molecule has 1 saturated heterocycles. The Morgan fingerprint density at radius 3 is 2.32 bits per heavy atom. The molecule has 2 aromatic carbocycles. The number of nitrogens with zero attached hydrogens (tertiary/aromatic N) is 2. The maximum absolute atomic E-state index is 13.0. The minimum Gasteiger partial charge on any atom is -0.367 e. The SMILES string of the molecule is Cc1cc(C)c(N2CCN(C(=O)Cc3ccc(F)cc3)CC2)c(Cl)c1. The fraction of sp³-hybridized carbons (Fsp3) is 0.350. The Morgan fingerprint density at radius 1 is 1.08 bits per heavy atom. The molecule has 25 heavy (non-hydrogen) atoms. The summed E-state index contributed by atoms with van der Waals surface area (Å²) >= 11 is 6.43.